The summed E-state index contributed by atoms with van der Waals surface area (Å²) in [6, 6.07) is 16.2. The SMILES string of the molecule is N#Cc1ccc(NC(=O)NCc2cccc(Br)c2)cc1. The summed E-state index contributed by atoms with van der Waals surface area (Å²) < 4.78 is 0.976. The summed E-state index contributed by atoms with van der Waals surface area (Å²) in [5.74, 6) is 0. The fourth-order valence-corrected chi connectivity index (χ4v) is 2.08. The molecule has 2 rings (SSSR count). The lowest BCUT2D eigenvalue weighted by molar-refractivity contribution is 0.251. The lowest BCUT2D eigenvalue weighted by atomic mass is 10.2. The molecule has 0 aliphatic carbocycles. The van der Waals surface area contributed by atoms with Crippen molar-refractivity contribution in [2.75, 3.05) is 5.32 Å². The minimum absolute atomic E-state index is 0.283. The van der Waals surface area contributed by atoms with Crippen molar-refractivity contribution in [2.45, 2.75) is 6.54 Å². The molecular weight excluding hydrogens is 318 g/mol. The van der Waals surface area contributed by atoms with Crippen LogP contribution in [0.25, 0.3) is 0 Å². The largest absolute Gasteiger partial charge is 0.334 e. The molecule has 0 saturated carbocycles. The maximum absolute atomic E-state index is 11.7. The molecule has 0 heterocycles. The molecule has 100 valence electrons. The third-order valence-electron chi connectivity index (χ3n) is 2.61. The standard InChI is InChI=1S/C15H12BrN3O/c16-13-3-1-2-12(8-13)10-18-15(20)19-14-6-4-11(9-17)5-7-14/h1-8H,10H2,(H2,18,19,20). The number of nitrogens with zero attached hydrogens (tertiary/aromatic N) is 1. The average Bonchev–Trinajstić information content (AvgIpc) is 2.46. The van der Waals surface area contributed by atoms with E-state index in [1.165, 1.54) is 0 Å². The second-order valence-corrected chi connectivity index (χ2v) is 5.04. The summed E-state index contributed by atoms with van der Waals surface area (Å²) >= 11 is 3.38. The van der Waals surface area contributed by atoms with Crippen LogP contribution in [-0.4, -0.2) is 6.03 Å². The number of benzene rings is 2. The Hall–Kier alpha value is -2.32. The molecule has 0 aromatic heterocycles. The average molecular weight is 330 g/mol. The van der Waals surface area contributed by atoms with Crippen LogP contribution in [0.3, 0.4) is 0 Å². The molecule has 5 heteroatoms. The van der Waals surface area contributed by atoms with Crippen LogP contribution in [0.5, 0.6) is 0 Å². The van der Waals surface area contributed by atoms with Gasteiger partial charge in [0.1, 0.15) is 0 Å². The Morgan fingerprint density at radius 1 is 1.20 bits per heavy atom. The Morgan fingerprint density at radius 3 is 2.60 bits per heavy atom. The summed E-state index contributed by atoms with van der Waals surface area (Å²) in [6.45, 7) is 0.446. The monoisotopic (exact) mass is 329 g/mol. The second-order valence-electron chi connectivity index (χ2n) is 4.13. The molecule has 0 aliphatic rings. The van der Waals surface area contributed by atoms with Crippen molar-refractivity contribution < 1.29 is 4.79 Å². The van der Waals surface area contributed by atoms with Crippen LogP contribution in [-0.2, 0) is 6.54 Å². The second kappa shape index (κ2) is 6.73. The summed E-state index contributed by atoms with van der Waals surface area (Å²) in [7, 11) is 0. The predicted octanol–water partition coefficient (Wildman–Crippen LogP) is 3.64. The van der Waals surface area contributed by atoms with E-state index in [-0.39, 0.29) is 6.03 Å². The molecular formula is C15H12BrN3O. The van der Waals surface area contributed by atoms with Crippen molar-refractivity contribution in [3.05, 3.63) is 64.1 Å². The van der Waals surface area contributed by atoms with Gasteiger partial charge >= 0.3 is 6.03 Å². The molecule has 0 unspecified atom stereocenters. The van der Waals surface area contributed by atoms with Crippen LogP contribution in [0.2, 0.25) is 0 Å². The zero-order valence-electron chi connectivity index (χ0n) is 10.6. The smallest absolute Gasteiger partial charge is 0.319 e. The zero-order valence-corrected chi connectivity index (χ0v) is 12.1. The van der Waals surface area contributed by atoms with Gasteiger partial charge in [-0.1, -0.05) is 28.1 Å². The first-order valence-electron chi connectivity index (χ1n) is 5.97. The number of rotatable bonds is 3. The van der Waals surface area contributed by atoms with Gasteiger partial charge in [-0.2, -0.15) is 5.26 Å². The summed E-state index contributed by atoms with van der Waals surface area (Å²) in [4.78, 5) is 11.7. The highest BCUT2D eigenvalue weighted by Gasteiger charge is 2.02. The zero-order chi connectivity index (χ0) is 14.4. The van der Waals surface area contributed by atoms with Crippen molar-refractivity contribution in [2.24, 2.45) is 0 Å². The normalized spacial score (nSPS) is 9.60. The number of nitrogens with one attached hydrogen (secondary N) is 2. The Bertz CT molecular complexity index is 647. The molecule has 0 atom stereocenters. The fourth-order valence-electron chi connectivity index (χ4n) is 1.63. The molecule has 2 N–H and O–H groups in total. The molecule has 0 bridgehead atoms. The number of carbonyl (C=O) groups excluding carboxylic acids is 1. The third kappa shape index (κ3) is 4.11. The summed E-state index contributed by atoms with van der Waals surface area (Å²) in [5, 5.41) is 14.2. The number of anilines is 1. The number of hydrogen-bond acceptors (Lipinski definition) is 2. The number of urea groups is 1. The Kier molecular flexibility index (Phi) is 4.75. The number of nitriles is 1. The highest BCUT2D eigenvalue weighted by molar-refractivity contribution is 9.10. The van der Waals surface area contributed by atoms with E-state index in [0.717, 1.165) is 10.0 Å². The van der Waals surface area contributed by atoms with E-state index in [1.807, 2.05) is 30.3 Å². The predicted molar refractivity (Wildman–Crippen MR) is 81.2 cm³/mol. The van der Waals surface area contributed by atoms with Crippen molar-refractivity contribution in [1.82, 2.24) is 5.32 Å². The number of carbonyl (C=O) groups is 1. The van der Waals surface area contributed by atoms with E-state index in [4.69, 9.17) is 5.26 Å². The van der Waals surface area contributed by atoms with E-state index in [0.29, 0.717) is 17.8 Å². The number of hydrogen-bond donors (Lipinski definition) is 2. The quantitative estimate of drug-likeness (QED) is 0.902. The first-order valence-corrected chi connectivity index (χ1v) is 6.76. The van der Waals surface area contributed by atoms with E-state index >= 15 is 0 Å². The maximum Gasteiger partial charge on any atom is 0.319 e. The summed E-state index contributed by atoms with van der Waals surface area (Å²) in [6.07, 6.45) is 0. The van der Waals surface area contributed by atoms with E-state index < -0.39 is 0 Å². The molecule has 2 aromatic carbocycles. The molecule has 4 nitrogen and oxygen atoms in total. The minimum atomic E-state index is -0.283. The Labute approximate surface area is 125 Å². The minimum Gasteiger partial charge on any atom is -0.334 e. The lowest BCUT2D eigenvalue weighted by Crippen LogP contribution is -2.28. The third-order valence-corrected chi connectivity index (χ3v) is 3.11. The van der Waals surface area contributed by atoms with Crippen LogP contribution in [0, 0.1) is 11.3 Å². The van der Waals surface area contributed by atoms with Crippen LogP contribution >= 0.6 is 15.9 Å². The molecule has 0 radical (unpaired) electrons. The van der Waals surface area contributed by atoms with Crippen molar-refractivity contribution in [3.63, 3.8) is 0 Å². The Morgan fingerprint density at radius 2 is 1.95 bits per heavy atom. The van der Waals surface area contributed by atoms with Gasteiger partial charge in [-0.3, -0.25) is 0 Å². The van der Waals surface area contributed by atoms with E-state index in [1.54, 1.807) is 24.3 Å². The molecule has 0 fully saturated rings. The van der Waals surface area contributed by atoms with E-state index in [9.17, 15) is 4.79 Å². The molecule has 0 saturated heterocycles. The van der Waals surface area contributed by atoms with Crippen LogP contribution in [0.4, 0.5) is 10.5 Å². The van der Waals surface area contributed by atoms with Gasteiger partial charge < -0.3 is 10.6 Å². The first-order chi connectivity index (χ1) is 9.67. The molecule has 2 aromatic rings. The highest BCUT2D eigenvalue weighted by Crippen LogP contribution is 2.12. The number of halogens is 1. The van der Waals surface area contributed by atoms with E-state index in [2.05, 4.69) is 26.6 Å². The highest BCUT2D eigenvalue weighted by atomic mass is 79.9. The van der Waals surface area contributed by atoms with Gasteiger partial charge in [0, 0.05) is 16.7 Å². The van der Waals surface area contributed by atoms with Gasteiger partial charge in [-0.25, -0.2) is 4.79 Å². The van der Waals surface area contributed by atoms with Gasteiger partial charge in [0.15, 0.2) is 0 Å². The topological polar surface area (TPSA) is 64.9 Å². The fraction of sp³-hybridized carbons (Fsp3) is 0.0667. The molecule has 20 heavy (non-hydrogen) atoms. The molecule has 2 amide bonds. The van der Waals surface area contributed by atoms with Crippen molar-refractivity contribution in [3.8, 4) is 6.07 Å². The first kappa shape index (κ1) is 14.1. The lowest BCUT2D eigenvalue weighted by Gasteiger charge is -2.08. The van der Waals surface area contributed by atoms with Gasteiger partial charge in [-0.05, 0) is 42.0 Å². The van der Waals surface area contributed by atoms with Gasteiger partial charge in [0.05, 0.1) is 11.6 Å². The van der Waals surface area contributed by atoms with Gasteiger partial charge in [0.25, 0.3) is 0 Å². The summed E-state index contributed by atoms with van der Waals surface area (Å²) in [5.41, 5.74) is 2.22. The van der Waals surface area contributed by atoms with Crippen LogP contribution < -0.4 is 10.6 Å². The molecule has 0 aliphatic heterocycles. The van der Waals surface area contributed by atoms with Crippen molar-refractivity contribution >= 4 is 27.6 Å². The number of amides is 2. The van der Waals surface area contributed by atoms with Gasteiger partial charge in [-0.15, -0.1) is 0 Å². The molecule has 0 spiro atoms. The maximum atomic E-state index is 11.7. The van der Waals surface area contributed by atoms with Crippen molar-refractivity contribution in [1.29, 1.82) is 5.26 Å². The van der Waals surface area contributed by atoms with Crippen LogP contribution in [0.15, 0.2) is 53.0 Å². The van der Waals surface area contributed by atoms with Gasteiger partial charge in [0.2, 0.25) is 0 Å². The Balaban J connectivity index is 1.87. The van der Waals surface area contributed by atoms with Crippen LogP contribution in [0.1, 0.15) is 11.1 Å².